The number of phosphoric acid groups is 5. The number of aromatic hydroxyl groups is 1. The third kappa shape index (κ3) is 28.2. The standard InChI is InChI=1S/C76H104N17O43P5/c1-37-25-88(71(105)81-65(37)99)59-19-45(96)52(127-59)32-121-137(111,112)133-49-23-63(93-30-43(70(104)86-76(93)110)18-58(98)80-13-16-87(14-10-77)15-11-78)131-56(49)36-125-140(117,118)135-48-22-62(91-28-40(4)68(102)84-74(91)108)128-53(48)33-123-139(115,116)134-47-21-61(90-27-39(3)67(101)83-73(90)107)129-54(47)34-124-141(119,120)136-50-24-64(92-29-42(69(103)85-75(92)109)17-57(97)79-12-9-41-5-7-44(95)8-6-41)130-55(50)35-122-138(113,114)132-46-20-60(126-51(46)31-94)89-26-38(2)66(100)82-72(89)106/h5-8,25-30,45-56,59-64,94-96H,9-24,31-36,77-78H2,1-4H3,(H,79,97)(H,80,98)(H,111,112)(H,113,114)(H,115,116)(H,117,118)(H,119,120)(H,81,99,105)(H,82,100,106)(H,83,101,107)(H,84,102,108)(H,85,103,109)(H,86,104,110)/t45-,46-,47-,48-,49-,50-,51+,52+,53+,54+,55+,56+,59+,60+,61+,62+,63+,64+/m0/s1. The Hall–Kier alpha value is -9.85. The van der Waals surface area contributed by atoms with Crippen LogP contribution in [-0.4, -0.2) is 273 Å². The number of carbonyl (C=O) groups is 2. The molecule has 7 aromatic rings. The summed E-state index contributed by atoms with van der Waals surface area (Å²) in [6.07, 6.45) is -29.2. The number of nitrogens with one attached hydrogen (secondary N) is 8. The van der Waals surface area contributed by atoms with Gasteiger partial charge in [0.1, 0.15) is 110 Å². The summed E-state index contributed by atoms with van der Waals surface area (Å²) in [6, 6.07) is 6.05. The highest BCUT2D eigenvalue weighted by atomic mass is 31.2. The van der Waals surface area contributed by atoms with E-state index in [9.17, 15) is 130 Å². The second-order valence-corrected chi connectivity index (χ2v) is 40.5. The van der Waals surface area contributed by atoms with Crippen LogP contribution in [0.1, 0.15) is 115 Å². The maximum Gasteiger partial charge on any atom is 0.472 e. The molecular formula is C76H104N17O43P5. The number of carbonyl (C=O) groups excluding carboxylic acids is 2. The number of hydrogen-bond acceptors (Lipinski definition) is 41. The van der Waals surface area contributed by atoms with Gasteiger partial charge in [-0.1, -0.05) is 12.1 Å². The summed E-state index contributed by atoms with van der Waals surface area (Å²) < 4.78 is 167. The van der Waals surface area contributed by atoms with Crippen molar-refractivity contribution in [1.82, 2.24) is 72.8 Å². The van der Waals surface area contributed by atoms with Crippen molar-refractivity contribution in [3.05, 3.63) is 225 Å². The van der Waals surface area contributed by atoms with Crippen molar-refractivity contribution in [2.45, 2.75) is 196 Å². The average Bonchev–Trinajstić information content (AvgIpc) is 1.66. The van der Waals surface area contributed by atoms with E-state index in [4.69, 9.17) is 85.1 Å². The van der Waals surface area contributed by atoms with Crippen molar-refractivity contribution in [2.75, 3.05) is 85.5 Å². The summed E-state index contributed by atoms with van der Waals surface area (Å²) in [7, 11) is -28.4. The molecule has 141 heavy (non-hydrogen) atoms. The Bertz CT molecular complexity index is 6750. The van der Waals surface area contributed by atoms with Gasteiger partial charge in [0.25, 0.3) is 33.4 Å². The van der Waals surface area contributed by atoms with Gasteiger partial charge in [0, 0.05) is 155 Å². The molecule has 0 aliphatic carbocycles. The zero-order chi connectivity index (χ0) is 102. The number of phenols is 1. The molecule has 6 aliphatic heterocycles. The van der Waals surface area contributed by atoms with E-state index in [1.54, 1.807) is 12.1 Å². The molecule has 12 heterocycles. The normalized spacial score (nSPS) is 26.8. The third-order valence-corrected chi connectivity index (χ3v) is 28.2. The molecule has 2 amide bonds. The molecule has 65 heteroatoms. The van der Waals surface area contributed by atoms with Crippen molar-refractivity contribution in [2.24, 2.45) is 11.5 Å². The highest BCUT2D eigenvalue weighted by molar-refractivity contribution is 7.48. The van der Waals surface area contributed by atoms with Gasteiger partial charge in [-0.25, -0.2) is 51.6 Å². The average molecular weight is 2100 g/mol. The number of H-pyrrole nitrogens is 6. The Labute approximate surface area is 790 Å². The summed E-state index contributed by atoms with van der Waals surface area (Å²) in [5.41, 5.74) is -0.541. The molecule has 6 aromatic heterocycles. The molecule has 0 radical (unpaired) electrons. The number of nitrogens with two attached hydrogens (primary N) is 2. The number of nitrogens with zero attached hydrogens (tertiary/aromatic N) is 7. The van der Waals surface area contributed by atoms with Gasteiger partial charge in [-0.3, -0.25) is 146 Å². The van der Waals surface area contributed by atoms with Crippen LogP contribution in [0.4, 0.5) is 0 Å². The van der Waals surface area contributed by atoms with Gasteiger partial charge in [0.05, 0.1) is 58.6 Å². The highest BCUT2D eigenvalue weighted by Gasteiger charge is 2.52. The van der Waals surface area contributed by atoms with Crippen LogP contribution in [0.15, 0.2) is 119 Å². The first-order valence-corrected chi connectivity index (χ1v) is 50.9. The Morgan fingerprint density at radius 2 is 0.652 bits per heavy atom. The zero-order valence-electron chi connectivity index (χ0n) is 75.1. The van der Waals surface area contributed by atoms with Crippen molar-refractivity contribution in [3.8, 4) is 5.75 Å². The Kier molecular flexibility index (Phi) is 35.4. The molecule has 20 N–H and O–H groups in total. The fourth-order valence-corrected chi connectivity index (χ4v) is 20.8. The fourth-order valence-electron chi connectivity index (χ4n) is 16.0. The van der Waals surface area contributed by atoms with Crippen LogP contribution >= 0.6 is 39.1 Å². The Balaban J connectivity index is 0.721. The number of aliphatic hydroxyl groups excluding tert-OH is 2. The number of aromatic nitrogens is 12. The summed E-state index contributed by atoms with van der Waals surface area (Å²) in [4.78, 5) is 255. The molecule has 0 spiro atoms. The summed E-state index contributed by atoms with van der Waals surface area (Å²) in [6.45, 7) is 0.307. The predicted molar refractivity (Wildman–Crippen MR) is 474 cm³/mol. The summed E-state index contributed by atoms with van der Waals surface area (Å²) >= 11 is 0. The van der Waals surface area contributed by atoms with E-state index in [0.717, 1.165) is 64.6 Å². The van der Waals surface area contributed by atoms with E-state index < -0.39 is 314 Å². The second kappa shape index (κ2) is 46.0. The van der Waals surface area contributed by atoms with Crippen LogP contribution < -0.4 is 89.6 Å². The van der Waals surface area contributed by atoms with Gasteiger partial charge in [0.15, 0.2) is 0 Å². The van der Waals surface area contributed by atoms with E-state index in [-0.39, 0.29) is 78.2 Å². The maximum atomic E-state index is 14.6. The van der Waals surface area contributed by atoms with E-state index in [2.05, 4.69) is 25.6 Å². The lowest BCUT2D eigenvalue weighted by Gasteiger charge is -2.26. The maximum absolute atomic E-state index is 14.6. The SMILES string of the molecule is Cc1cn([C@H]2C[C@H](OP(=O)(O)OC[C@H]3O[C@@H](n4cc(CC(=O)NCCc5ccc(O)cc5)c(=O)[nH]c4=O)C[C@@H]3OP(=O)(O)OC[C@H]3O[C@@H](n4cc(C)c(=O)[nH]c4=O)C[C@@H]3OP(=O)(O)OC[C@H]3O[C@@H](n4cc(C)c(=O)[nH]c4=O)C[C@@H]3OP(=O)(O)OC[C@H]3O[C@@H](n4cc(CC(=O)NCCN(CCN)CCN)c(=O)[nH]c4=O)C[C@@H]3OP(=O)(O)OC[C@H]3O[C@@H](n4cc(C)c(=O)[nH]c4=O)C[C@@H]3O)[C@@H](CO)O2)c(=O)[nH]c1=O. The van der Waals surface area contributed by atoms with Crippen LogP contribution in [0.25, 0.3) is 0 Å². The van der Waals surface area contributed by atoms with Gasteiger partial charge in [0.2, 0.25) is 11.8 Å². The highest BCUT2D eigenvalue weighted by Crippen LogP contribution is 2.56. The number of phenolic OH excluding ortho intramolecular Hbond substituents is 1. The van der Waals surface area contributed by atoms with E-state index >= 15 is 0 Å². The van der Waals surface area contributed by atoms with Crippen molar-refractivity contribution in [1.29, 1.82) is 0 Å². The topological polar surface area (TPSA) is 838 Å². The van der Waals surface area contributed by atoms with Gasteiger partial charge < -0.3 is 90.3 Å². The van der Waals surface area contributed by atoms with Crippen LogP contribution in [0.2, 0.25) is 0 Å². The second-order valence-electron chi connectivity index (χ2n) is 33.4. The van der Waals surface area contributed by atoms with Crippen LogP contribution in [0, 0.1) is 27.7 Å². The Morgan fingerprint density at radius 1 is 0.390 bits per heavy atom. The molecule has 5 unspecified atom stereocenters. The lowest BCUT2D eigenvalue weighted by Crippen LogP contribution is -2.41. The minimum Gasteiger partial charge on any atom is -0.508 e. The number of amides is 2. The van der Waals surface area contributed by atoms with Crippen molar-refractivity contribution in [3.63, 3.8) is 0 Å². The van der Waals surface area contributed by atoms with Crippen LogP contribution in [0.5, 0.6) is 5.75 Å². The molecule has 23 atom stereocenters. The summed E-state index contributed by atoms with van der Waals surface area (Å²) in [5.74, 6) is -1.44. The van der Waals surface area contributed by atoms with Gasteiger partial charge in [-0.2, -0.15) is 0 Å². The first-order valence-electron chi connectivity index (χ1n) is 43.4. The lowest BCUT2D eigenvalue weighted by atomic mass is 10.1. The number of hydrogen-bond donors (Lipinski definition) is 18. The van der Waals surface area contributed by atoms with Crippen molar-refractivity contribution >= 4 is 50.9 Å². The molecule has 6 aliphatic rings. The molecule has 0 bridgehead atoms. The van der Waals surface area contributed by atoms with E-state index in [0.29, 0.717) is 25.2 Å². The first-order chi connectivity index (χ1) is 66.5. The lowest BCUT2D eigenvalue weighted by molar-refractivity contribution is -0.121. The smallest absolute Gasteiger partial charge is 0.472 e. The third-order valence-electron chi connectivity index (χ3n) is 23.2. The molecule has 6 fully saturated rings. The number of aromatic amines is 6. The molecular weight excluding hydrogens is 1990 g/mol. The molecule has 60 nitrogen and oxygen atoms in total. The van der Waals surface area contributed by atoms with E-state index in [1.807, 2.05) is 19.9 Å². The first kappa shape index (κ1) is 108. The van der Waals surface area contributed by atoms with Gasteiger partial charge >= 0.3 is 73.3 Å². The molecule has 776 valence electrons. The van der Waals surface area contributed by atoms with Gasteiger partial charge in [-0.05, 0) is 51.8 Å². The number of aliphatic hydroxyl groups is 2. The number of phosphoric ester groups is 5. The van der Waals surface area contributed by atoms with Crippen molar-refractivity contribution < 1.29 is 146 Å². The number of aryl methyl sites for hydroxylation is 4. The molecule has 0 saturated carbocycles. The number of benzene rings is 1. The number of rotatable bonds is 46. The van der Waals surface area contributed by atoms with E-state index in [1.165, 1.54) is 39.8 Å². The largest absolute Gasteiger partial charge is 0.508 e. The van der Waals surface area contributed by atoms with Crippen LogP contribution in [-0.2, 0) is 125 Å². The summed E-state index contributed by atoms with van der Waals surface area (Å²) in [5, 5.41) is 36.2. The minimum absolute atomic E-state index is 0.0111. The molecule has 13 rings (SSSR count). The monoisotopic (exact) mass is 2100 g/mol. The predicted octanol–water partition coefficient (Wildman–Crippen LogP) is -5.40. The minimum atomic E-state index is -5.81. The fraction of sp³-hybridized carbons (Fsp3) is 0.579. The quantitative estimate of drug-likeness (QED) is 0.0158. The molecule has 1 aromatic carbocycles. The number of ether oxygens (including phenoxy) is 6. The zero-order valence-corrected chi connectivity index (χ0v) is 79.6. The van der Waals surface area contributed by atoms with Crippen LogP contribution in [0.3, 0.4) is 0 Å². The van der Waals surface area contributed by atoms with Gasteiger partial charge in [-0.15, -0.1) is 0 Å². The Morgan fingerprint density at radius 3 is 0.957 bits per heavy atom. The molecule has 6 saturated heterocycles.